The average Bonchev–Trinajstić information content (AvgIpc) is 2.23. The van der Waals surface area contributed by atoms with Crippen LogP contribution < -0.4 is 0 Å². The first-order valence-corrected chi connectivity index (χ1v) is 5.79. The molecule has 3 heteroatoms. The van der Waals surface area contributed by atoms with Crippen LogP contribution in [0.2, 0.25) is 0 Å². The number of aryl methyl sites for hydroxylation is 1. The standard InChI is InChI=1S/C14H21NO2/c1-9-6-7-12(11(3)10(9)2)13(15(4)5)8-14(16)17/h6-7,13H,8H2,1-5H3,(H,16,17). The van der Waals surface area contributed by atoms with Crippen molar-refractivity contribution in [2.45, 2.75) is 33.2 Å². The molecule has 1 aromatic carbocycles. The Bertz CT molecular complexity index is 424. The summed E-state index contributed by atoms with van der Waals surface area (Å²) in [4.78, 5) is 12.9. The molecule has 0 aliphatic heterocycles. The van der Waals surface area contributed by atoms with E-state index in [2.05, 4.69) is 26.8 Å². The zero-order valence-corrected chi connectivity index (χ0v) is 11.2. The summed E-state index contributed by atoms with van der Waals surface area (Å²) in [6.45, 7) is 6.23. The van der Waals surface area contributed by atoms with Crippen molar-refractivity contribution in [1.29, 1.82) is 0 Å². The zero-order chi connectivity index (χ0) is 13.2. The van der Waals surface area contributed by atoms with Crippen LogP contribution >= 0.6 is 0 Å². The monoisotopic (exact) mass is 235 g/mol. The molecule has 3 nitrogen and oxygen atoms in total. The van der Waals surface area contributed by atoms with Crippen LogP contribution in [-0.4, -0.2) is 30.1 Å². The van der Waals surface area contributed by atoms with Crippen molar-refractivity contribution in [3.8, 4) is 0 Å². The number of carboxylic acid groups (broad SMARTS) is 1. The fraction of sp³-hybridized carbons (Fsp3) is 0.500. The van der Waals surface area contributed by atoms with Gasteiger partial charge in [-0.2, -0.15) is 0 Å². The van der Waals surface area contributed by atoms with E-state index in [1.807, 2.05) is 25.1 Å². The molecular weight excluding hydrogens is 214 g/mol. The molecule has 1 unspecified atom stereocenters. The number of nitrogens with zero attached hydrogens (tertiary/aromatic N) is 1. The lowest BCUT2D eigenvalue weighted by Crippen LogP contribution is -2.23. The molecule has 0 aliphatic rings. The van der Waals surface area contributed by atoms with E-state index in [4.69, 9.17) is 5.11 Å². The van der Waals surface area contributed by atoms with Crippen molar-refractivity contribution in [3.05, 3.63) is 34.4 Å². The molecule has 0 aliphatic carbocycles. The van der Waals surface area contributed by atoms with E-state index in [1.165, 1.54) is 16.7 Å². The third-order valence-electron chi connectivity index (χ3n) is 3.45. The second-order valence-corrected chi connectivity index (χ2v) is 4.80. The molecule has 0 amide bonds. The van der Waals surface area contributed by atoms with Gasteiger partial charge in [-0.05, 0) is 57.1 Å². The van der Waals surface area contributed by atoms with Crippen molar-refractivity contribution in [2.75, 3.05) is 14.1 Å². The first-order valence-electron chi connectivity index (χ1n) is 5.79. The molecule has 0 spiro atoms. The summed E-state index contributed by atoms with van der Waals surface area (Å²) in [7, 11) is 3.84. The first-order chi connectivity index (χ1) is 7.84. The van der Waals surface area contributed by atoms with E-state index in [-0.39, 0.29) is 12.5 Å². The van der Waals surface area contributed by atoms with Crippen LogP contribution in [0.3, 0.4) is 0 Å². The van der Waals surface area contributed by atoms with Crippen LogP contribution in [-0.2, 0) is 4.79 Å². The summed E-state index contributed by atoms with van der Waals surface area (Å²) in [5, 5.41) is 8.98. The summed E-state index contributed by atoms with van der Waals surface area (Å²) in [5.74, 6) is -0.763. The maximum Gasteiger partial charge on any atom is 0.305 e. The van der Waals surface area contributed by atoms with Crippen LogP contribution in [0.4, 0.5) is 0 Å². The van der Waals surface area contributed by atoms with Gasteiger partial charge < -0.3 is 10.0 Å². The maximum absolute atomic E-state index is 10.9. The number of rotatable bonds is 4. The minimum Gasteiger partial charge on any atom is -0.481 e. The normalized spacial score (nSPS) is 12.8. The molecular formula is C14H21NO2. The molecule has 94 valence electrons. The molecule has 0 fully saturated rings. The highest BCUT2D eigenvalue weighted by atomic mass is 16.4. The van der Waals surface area contributed by atoms with Gasteiger partial charge in [0.2, 0.25) is 0 Å². The van der Waals surface area contributed by atoms with Gasteiger partial charge >= 0.3 is 5.97 Å². The molecule has 0 bridgehead atoms. The zero-order valence-electron chi connectivity index (χ0n) is 11.2. The van der Waals surface area contributed by atoms with Gasteiger partial charge in [-0.3, -0.25) is 4.79 Å². The summed E-state index contributed by atoms with van der Waals surface area (Å²) < 4.78 is 0. The fourth-order valence-corrected chi connectivity index (χ4v) is 2.07. The number of carbonyl (C=O) groups is 1. The van der Waals surface area contributed by atoms with Crippen LogP contribution in [0.5, 0.6) is 0 Å². The Labute approximate surface area is 103 Å². The highest BCUT2D eigenvalue weighted by Crippen LogP contribution is 2.28. The second-order valence-electron chi connectivity index (χ2n) is 4.80. The van der Waals surface area contributed by atoms with Crippen molar-refractivity contribution in [1.82, 2.24) is 4.90 Å². The third kappa shape index (κ3) is 3.07. The second kappa shape index (κ2) is 5.32. The van der Waals surface area contributed by atoms with E-state index >= 15 is 0 Å². The van der Waals surface area contributed by atoms with Gasteiger partial charge in [-0.15, -0.1) is 0 Å². The van der Waals surface area contributed by atoms with E-state index in [0.29, 0.717) is 0 Å². The highest BCUT2D eigenvalue weighted by molar-refractivity contribution is 5.68. The first kappa shape index (κ1) is 13.7. The summed E-state index contributed by atoms with van der Waals surface area (Å²) in [6.07, 6.45) is 0.135. The Balaban J connectivity index is 3.19. The number of hydrogen-bond donors (Lipinski definition) is 1. The third-order valence-corrected chi connectivity index (χ3v) is 3.45. The van der Waals surface area contributed by atoms with Gasteiger partial charge in [-0.1, -0.05) is 12.1 Å². The van der Waals surface area contributed by atoms with Crippen LogP contribution in [0.15, 0.2) is 12.1 Å². The van der Waals surface area contributed by atoms with Gasteiger partial charge in [-0.25, -0.2) is 0 Å². The van der Waals surface area contributed by atoms with Crippen molar-refractivity contribution in [3.63, 3.8) is 0 Å². The molecule has 0 radical (unpaired) electrons. The van der Waals surface area contributed by atoms with Crippen molar-refractivity contribution < 1.29 is 9.90 Å². The fourth-order valence-electron chi connectivity index (χ4n) is 2.07. The maximum atomic E-state index is 10.9. The average molecular weight is 235 g/mol. The van der Waals surface area contributed by atoms with Gasteiger partial charge in [0, 0.05) is 6.04 Å². The lowest BCUT2D eigenvalue weighted by atomic mass is 9.92. The van der Waals surface area contributed by atoms with Gasteiger partial charge in [0.25, 0.3) is 0 Å². The quantitative estimate of drug-likeness (QED) is 0.872. The molecule has 1 aromatic rings. The smallest absolute Gasteiger partial charge is 0.305 e. The lowest BCUT2D eigenvalue weighted by molar-refractivity contribution is -0.138. The molecule has 1 N–H and O–H groups in total. The molecule has 0 heterocycles. The molecule has 17 heavy (non-hydrogen) atoms. The molecule has 1 atom stereocenters. The molecule has 0 saturated heterocycles. The Morgan fingerprint density at radius 3 is 2.29 bits per heavy atom. The van der Waals surface area contributed by atoms with Gasteiger partial charge in [0.1, 0.15) is 0 Å². The van der Waals surface area contributed by atoms with Crippen molar-refractivity contribution >= 4 is 5.97 Å². The summed E-state index contributed by atoms with van der Waals surface area (Å²) in [5.41, 5.74) is 4.81. The Hall–Kier alpha value is -1.35. The number of hydrogen-bond acceptors (Lipinski definition) is 2. The minimum atomic E-state index is -0.763. The largest absolute Gasteiger partial charge is 0.481 e. The molecule has 0 aromatic heterocycles. The van der Waals surface area contributed by atoms with E-state index in [1.54, 1.807) is 0 Å². The lowest BCUT2D eigenvalue weighted by Gasteiger charge is -2.26. The van der Waals surface area contributed by atoms with Crippen LogP contribution in [0.25, 0.3) is 0 Å². The minimum absolute atomic E-state index is 0.0631. The van der Waals surface area contributed by atoms with Crippen LogP contribution in [0.1, 0.15) is 34.7 Å². The van der Waals surface area contributed by atoms with E-state index in [9.17, 15) is 4.79 Å². The Kier molecular flexibility index (Phi) is 4.29. The highest BCUT2D eigenvalue weighted by Gasteiger charge is 2.20. The molecule has 0 saturated carbocycles. The Morgan fingerprint density at radius 2 is 1.82 bits per heavy atom. The van der Waals surface area contributed by atoms with Crippen LogP contribution in [0, 0.1) is 20.8 Å². The van der Waals surface area contributed by atoms with Gasteiger partial charge in [0.05, 0.1) is 6.42 Å². The summed E-state index contributed by atoms with van der Waals surface area (Å²) >= 11 is 0. The predicted molar refractivity (Wildman–Crippen MR) is 69.3 cm³/mol. The van der Waals surface area contributed by atoms with E-state index in [0.717, 1.165) is 5.56 Å². The van der Waals surface area contributed by atoms with Gasteiger partial charge in [0.15, 0.2) is 0 Å². The topological polar surface area (TPSA) is 40.5 Å². The number of benzene rings is 1. The number of carboxylic acids is 1. The van der Waals surface area contributed by atoms with Crippen molar-refractivity contribution in [2.24, 2.45) is 0 Å². The van der Waals surface area contributed by atoms with E-state index < -0.39 is 5.97 Å². The predicted octanol–water partition coefficient (Wildman–Crippen LogP) is 2.69. The molecule has 1 rings (SSSR count). The SMILES string of the molecule is Cc1ccc(C(CC(=O)O)N(C)C)c(C)c1C. The Morgan fingerprint density at radius 1 is 1.24 bits per heavy atom. The summed E-state index contributed by atoms with van der Waals surface area (Å²) in [6, 6.07) is 4.05. The number of aliphatic carboxylic acids is 1.